The van der Waals surface area contributed by atoms with Crippen molar-refractivity contribution in [2.75, 3.05) is 7.11 Å². The number of urea groups is 1. The number of carbonyl (C=O) groups is 1. The lowest BCUT2D eigenvalue weighted by atomic mass is 10.2. The number of nitrogens with one attached hydrogen (secondary N) is 1. The van der Waals surface area contributed by atoms with Crippen molar-refractivity contribution in [1.29, 1.82) is 0 Å². The second-order valence-electron chi connectivity index (χ2n) is 4.20. The first-order valence-electron chi connectivity index (χ1n) is 5.66. The average Bonchev–Trinajstić information content (AvgIpc) is 2.37. The summed E-state index contributed by atoms with van der Waals surface area (Å²) >= 11 is 0. The molecule has 0 aliphatic carbocycles. The second-order valence-corrected chi connectivity index (χ2v) is 4.20. The van der Waals surface area contributed by atoms with Crippen LogP contribution in [-0.2, 0) is 6.54 Å². The maximum absolute atomic E-state index is 11.7. The Hall–Kier alpha value is -2.01. The zero-order valence-corrected chi connectivity index (χ0v) is 10.4. The Morgan fingerprint density at radius 1 is 1.39 bits per heavy atom. The van der Waals surface area contributed by atoms with Crippen molar-refractivity contribution in [2.45, 2.75) is 19.7 Å². The molecular weight excluding hydrogens is 232 g/mol. The van der Waals surface area contributed by atoms with E-state index >= 15 is 0 Å². The van der Waals surface area contributed by atoms with Crippen molar-refractivity contribution in [2.24, 2.45) is 0 Å². The minimum absolute atomic E-state index is 0.302. The van der Waals surface area contributed by atoms with Gasteiger partial charge in [-0.25, -0.2) is 4.79 Å². The monoisotopic (exact) mass is 248 g/mol. The van der Waals surface area contributed by atoms with Gasteiger partial charge in [0.2, 0.25) is 0 Å². The summed E-state index contributed by atoms with van der Waals surface area (Å²) in [5, 5.41) is 11.9. The Kier molecular flexibility index (Phi) is 3.53. The Bertz CT molecular complexity index is 468. The zero-order chi connectivity index (χ0) is 13.1. The molecule has 2 N–H and O–H groups in total. The summed E-state index contributed by atoms with van der Waals surface area (Å²) in [6.07, 6.45) is 0.776. The van der Waals surface area contributed by atoms with E-state index in [9.17, 15) is 9.90 Å². The number of ether oxygens (including phenoxy) is 1. The first-order chi connectivity index (χ1) is 8.60. The number of benzene rings is 1. The molecule has 1 aromatic carbocycles. The molecule has 5 heteroatoms. The van der Waals surface area contributed by atoms with E-state index in [2.05, 4.69) is 5.32 Å². The van der Waals surface area contributed by atoms with Crippen molar-refractivity contribution < 1.29 is 14.6 Å². The average molecular weight is 248 g/mol. The SMILES string of the molecule is COc1ccc(CN2C=C(C)C(O)NC2=O)cc1. The number of hydrogen-bond acceptors (Lipinski definition) is 3. The lowest BCUT2D eigenvalue weighted by molar-refractivity contribution is 0.142. The molecule has 18 heavy (non-hydrogen) atoms. The number of amides is 2. The van der Waals surface area contributed by atoms with Crippen LogP contribution in [0.15, 0.2) is 36.0 Å². The van der Waals surface area contributed by atoms with Crippen molar-refractivity contribution in [3.8, 4) is 5.75 Å². The lowest BCUT2D eigenvalue weighted by Crippen LogP contribution is -2.47. The van der Waals surface area contributed by atoms with Gasteiger partial charge in [-0.1, -0.05) is 12.1 Å². The van der Waals surface area contributed by atoms with Crippen LogP contribution in [0.4, 0.5) is 4.79 Å². The number of carbonyl (C=O) groups excluding carboxylic acids is 1. The van der Waals surface area contributed by atoms with Crippen molar-refractivity contribution in [1.82, 2.24) is 10.2 Å². The number of methoxy groups -OCH3 is 1. The van der Waals surface area contributed by atoms with Gasteiger partial charge in [-0.15, -0.1) is 0 Å². The Morgan fingerprint density at radius 3 is 2.67 bits per heavy atom. The smallest absolute Gasteiger partial charge is 0.323 e. The van der Waals surface area contributed by atoms with E-state index in [0.29, 0.717) is 12.1 Å². The van der Waals surface area contributed by atoms with Crippen molar-refractivity contribution in [3.05, 3.63) is 41.6 Å². The highest BCUT2D eigenvalue weighted by molar-refractivity contribution is 5.77. The van der Waals surface area contributed by atoms with E-state index in [4.69, 9.17) is 4.74 Å². The molecular formula is C13H16N2O3. The third kappa shape index (κ3) is 2.62. The van der Waals surface area contributed by atoms with Crippen LogP contribution in [0, 0.1) is 0 Å². The van der Waals surface area contributed by atoms with Crippen molar-refractivity contribution in [3.63, 3.8) is 0 Å². The van der Waals surface area contributed by atoms with Crippen LogP contribution in [0.3, 0.4) is 0 Å². The molecule has 1 heterocycles. The molecule has 0 fully saturated rings. The van der Waals surface area contributed by atoms with Gasteiger partial charge in [0, 0.05) is 6.20 Å². The van der Waals surface area contributed by atoms with E-state index in [1.54, 1.807) is 20.2 Å². The highest BCUT2D eigenvalue weighted by atomic mass is 16.5. The second kappa shape index (κ2) is 5.10. The van der Waals surface area contributed by atoms with Crippen LogP contribution in [0.25, 0.3) is 0 Å². The quantitative estimate of drug-likeness (QED) is 0.851. The standard InChI is InChI=1S/C13H16N2O3/c1-9-7-15(13(17)14-12(9)16)8-10-3-5-11(18-2)6-4-10/h3-7,12,16H,8H2,1-2H3,(H,14,17). The van der Waals surface area contributed by atoms with Crippen LogP contribution >= 0.6 is 0 Å². The fraction of sp³-hybridized carbons (Fsp3) is 0.308. The molecule has 0 radical (unpaired) electrons. The molecule has 0 aromatic heterocycles. The van der Waals surface area contributed by atoms with Gasteiger partial charge in [0.1, 0.15) is 5.75 Å². The van der Waals surface area contributed by atoms with E-state index in [1.807, 2.05) is 24.3 Å². The predicted octanol–water partition coefficient (Wildman–Crippen LogP) is 1.44. The van der Waals surface area contributed by atoms with E-state index in [1.165, 1.54) is 4.90 Å². The molecule has 5 nitrogen and oxygen atoms in total. The summed E-state index contributed by atoms with van der Waals surface area (Å²) in [5.74, 6) is 0.781. The summed E-state index contributed by atoms with van der Waals surface area (Å²) in [5.41, 5.74) is 1.70. The van der Waals surface area contributed by atoms with Crippen molar-refractivity contribution >= 4 is 6.03 Å². The number of rotatable bonds is 3. The van der Waals surface area contributed by atoms with E-state index in [0.717, 1.165) is 11.3 Å². The first kappa shape index (κ1) is 12.4. The summed E-state index contributed by atoms with van der Waals surface area (Å²) < 4.78 is 5.07. The Balaban J connectivity index is 2.10. The molecule has 0 spiro atoms. The number of aliphatic hydroxyl groups is 1. The molecule has 0 saturated carbocycles. The third-order valence-electron chi connectivity index (χ3n) is 2.82. The Labute approximate surface area is 106 Å². The molecule has 1 aliphatic rings. The van der Waals surface area contributed by atoms with Gasteiger partial charge in [-0.05, 0) is 30.2 Å². The van der Waals surface area contributed by atoms with Gasteiger partial charge in [-0.3, -0.25) is 4.90 Å². The molecule has 96 valence electrons. The van der Waals surface area contributed by atoms with E-state index in [-0.39, 0.29) is 6.03 Å². The van der Waals surface area contributed by atoms with Gasteiger partial charge < -0.3 is 15.2 Å². The number of nitrogens with zero attached hydrogens (tertiary/aromatic N) is 1. The largest absolute Gasteiger partial charge is 0.497 e. The maximum atomic E-state index is 11.7. The molecule has 0 saturated heterocycles. The molecule has 2 rings (SSSR count). The highest BCUT2D eigenvalue weighted by Gasteiger charge is 2.22. The van der Waals surface area contributed by atoms with E-state index < -0.39 is 6.23 Å². The molecule has 1 aliphatic heterocycles. The van der Waals surface area contributed by atoms with Gasteiger partial charge in [-0.2, -0.15) is 0 Å². The number of hydrogen-bond donors (Lipinski definition) is 2. The predicted molar refractivity (Wildman–Crippen MR) is 66.8 cm³/mol. The summed E-state index contributed by atoms with van der Waals surface area (Å²) in [7, 11) is 1.61. The Morgan fingerprint density at radius 2 is 2.06 bits per heavy atom. The molecule has 2 amide bonds. The number of aliphatic hydroxyl groups excluding tert-OH is 1. The zero-order valence-electron chi connectivity index (χ0n) is 10.4. The van der Waals surface area contributed by atoms with Crippen LogP contribution in [0.2, 0.25) is 0 Å². The normalized spacial score (nSPS) is 19.3. The summed E-state index contributed by atoms with van der Waals surface area (Å²) in [6, 6.07) is 7.20. The molecule has 0 bridgehead atoms. The highest BCUT2D eigenvalue weighted by Crippen LogP contribution is 2.16. The van der Waals surface area contributed by atoms with Crippen LogP contribution in [0.1, 0.15) is 12.5 Å². The first-order valence-corrected chi connectivity index (χ1v) is 5.66. The van der Waals surface area contributed by atoms with Crippen LogP contribution in [0.5, 0.6) is 5.75 Å². The van der Waals surface area contributed by atoms with Gasteiger partial charge in [0.25, 0.3) is 0 Å². The minimum Gasteiger partial charge on any atom is -0.497 e. The third-order valence-corrected chi connectivity index (χ3v) is 2.82. The van der Waals surface area contributed by atoms with Crippen LogP contribution < -0.4 is 10.1 Å². The van der Waals surface area contributed by atoms with Crippen LogP contribution in [-0.4, -0.2) is 29.4 Å². The summed E-state index contributed by atoms with van der Waals surface area (Å²) in [4.78, 5) is 13.2. The van der Waals surface area contributed by atoms with Gasteiger partial charge in [0.05, 0.1) is 13.7 Å². The fourth-order valence-electron chi connectivity index (χ4n) is 1.73. The minimum atomic E-state index is -0.885. The maximum Gasteiger partial charge on any atom is 0.323 e. The molecule has 1 unspecified atom stereocenters. The lowest BCUT2D eigenvalue weighted by Gasteiger charge is -2.28. The fourth-order valence-corrected chi connectivity index (χ4v) is 1.73. The van der Waals surface area contributed by atoms with Gasteiger partial charge >= 0.3 is 6.03 Å². The summed E-state index contributed by atoms with van der Waals surface area (Å²) in [6.45, 7) is 2.23. The molecule has 1 aromatic rings. The topological polar surface area (TPSA) is 61.8 Å². The van der Waals surface area contributed by atoms with Gasteiger partial charge in [0.15, 0.2) is 6.23 Å². The molecule has 1 atom stereocenters.